The van der Waals surface area contributed by atoms with E-state index in [1.165, 1.54) is 0 Å². The van der Waals surface area contributed by atoms with Gasteiger partial charge in [-0.3, -0.25) is 0 Å². The Labute approximate surface area is 125 Å². The Morgan fingerprint density at radius 2 is 2.00 bits per heavy atom. The van der Waals surface area contributed by atoms with E-state index < -0.39 is 9.84 Å². The van der Waals surface area contributed by atoms with Crippen molar-refractivity contribution >= 4 is 15.5 Å². The molecular formula is C14H20N4O2S. The Morgan fingerprint density at radius 3 is 2.71 bits per heavy atom. The number of rotatable bonds is 7. The fourth-order valence-corrected chi connectivity index (χ4v) is 3.64. The first-order valence-electron chi connectivity index (χ1n) is 7.00. The molecule has 2 aromatic rings. The van der Waals surface area contributed by atoms with E-state index >= 15 is 0 Å². The van der Waals surface area contributed by atoms with Gasteiger partial charge >= 0.3 is 0 Å². The lowest BCUT2D eigenvalue weighted by Crippen LogP contribution is -2.12. The summed E-state index contributed by atoms with van der Waals surface area (Å²) in [5, 5.41) is 11.0. The van der Waals surface area contributed by atoms with Gasteiger partial charge in [0.05, 0.1) is 22.9 Å². The van der Waals surface area contributed by atoms with E-state index in [4.69, 9.17) is 0 Å². The Hall–Kier alpha value is -1.89. The molecule has 0 saturated carbocycles. The molecule has 1 aromatic heterocycles. The van der Waals surface area contributed by atoms with E-state index in [2.05, 4.69) is 15.5 Å². The molecule has 0 bridgehead atoms. The zero-order chi connectivity index (χ0) is 15.3. The zero-order valence-electron chi connectivity index (χ0n) is 12.3. The quantitative estimate of drug-likeness (QED) is 0.847. The van der Waals surface area contributed by atoms with Crippen LogP contribution in [-0.2, 0) is 22.9 Å². The molecule has 1 aromatic carbocycles. The summed E-state index contributed by atoms with van der Waals surface area (Å²) in [7, 11) is -3.25. The summed E-state index contributed by atoms with van der Waals surface area (Å²) < 4.78 is 26.4. The molecule has 0 amide bonds. The van der Waals surface area contributed by atoms with Crippen LogP contribution in [-0.4, -0.2) is 28.9 Å². The van der Waals surface area contributed by atoms with Crippen molar-refractivity contribution in [3.05, 3.63) is 36.4 Å². The molecule has 0 unspecified atom stereocenters. The number of sulfone groups is 1. The standard InChI is InChI=1S/C14H20N4O2S/c1-3-9-21(19,20)13-8-6-5-7-12(13)15-10-14-17-16-11-18(14)4-2/h5-8,11,15H,3-4,9-10H2,1-2H3. The molecule has 7 heteroatoms. The summed E-state index contributed by atoms with van der Waals surface area (Å²) in [6.07, 6.45) is 2.26. The van der Waals surface area contributed by atoms with Crippen LogP contribution in [0.15, 0.2) is 35.5 Å². The van der Waals surface area contributed by atoms with Gasteiger partial charge in [0.25, 0.3) is 0 Å². The lowest BCUT2D eigenvalue weighted by molar-refractivity contribution is 0.595. The number of aryl methyl sites for hydroxylation is 1. The number of para-hydroxylation sites is 1. The summed E-state index contributed by atoms with van der Waals surface area (Å²) in [5.74, 6) is 0.928. The second kappa shape index (κ2) is 6.71. The van der Waals surface area contributed by atoms with E-state index in [0.717, 1.165) is 12.4 Å². The molecule has 0 fully saturated rings. The maximum atomic E-state index is 12.3. The number of nitrogens with one attached hydrogen (secondary N) is 1. The zero-order valence-corrected chi connectivity index (χ0v) is 13.1. The molecule has 0 aliphatic heterocycles. The van der Waals surface area contributed by atoms with Gasteiger partial charge in [-0.25, -0.2) is 8.42 Å². The summed E-state index contributed by atoms with van der Waals surface area (Å²) in [5.41, 5.74) is 0.608. The minimum absolute atomic E-state index is 0.150. The van der Waals surface area contributed by atoms with Crippen LogP contribution in [0.3, 0.4) is 0 Å². The monoisotopic (exact) mass is 308 g/mol. The van der Waals surface area contributed by atoms with Crippen LogP contribution in [0.5, 0.6) is 0 Å². The summed E-state index contributed by atoms with van der Waals surface area (Å²) in [6.45, 7) is 5.08. The molecule has 2 rings (SSSR count). The van der Waals surface area contributed by atoms with E-state index in [1.54, 1.807) is 24.5 Å². The second-order valence-electron chi connectivity index (χ2n) is 4.70. The molecule has 0 saturated heterocycles. The molecule has 1 heterocycles. The molecule has 6 nitrogen and oxygen atoms in total. The van der Waals surface area contributed by atoms with Crippen LogP contribution in [0.4, 0.5) is 5.69 Å². The lowest BCUT2D eigenvalue weighted by atomic mass is 10.3. The number of aromatic nitrogens is 3. The van der Waals surface area contributed by atoms with Crippen molar-refractivity contribution in [2.24, 2.45) is 0 Å². The summed E-state index contributed by atoms with van der Waals surface area (Å²) >= 11 is 0. The third-order valence-electron chi connectivity index (χ3n) is 3.17. The highest BCUT2D eigenvalue weighted by molar-refractivity contribution is 7.91. The van der Waals surface area contributed by atoms with Gasteiger partial charge in [0.15, 0.2) is 15.7 Å². The molecule has 0 aliphatic carbocycles. The molecular weight excluding hydrogens is 288 g/mol. The number of hydrogen-bond donors (Lipinski definition) is 1. The number of benzene rings is 1. The smallest absolute Gasteiger partial charge is 0.180 e. The highest BCUT2D eigenvalue weighted by Crippen LogP contribution is 2.23. The first-order chi connectivity index (χ1) is 10.1. The highest BCUT2D eigenvalue weighted by atomic mass is 32.2. The largest absolute Gasteiger partial charge is 0.377 e. The van der Waals surface area contributed by atoms with E-state index in [1.807, 2.05) is 24.5 Å². The summed E-state index contributed by atoms with van der Waals surface area (Å²) in [4.78, 5) is 0.342. The Bertz CT molecular complexity index is 695. The number of nitrogens with zero attached hydrogens (tertiary/aromatic N) is 3. The average Bonchev–Trinajstić information content (AvgIpc) is 2.93. The van der Waals surface area contributed by atoms with Gasteiger partial charge in [-0.15, -0.1) is 10.2 Å². The van der Waals surface area contributed by atoms with Gasteiger partial charge < -0.3 is 9.88 Å². The minimum atomic E-state index is -3.25. The first-order valence-corrected chi connectivity index (χ1v) is 8.66. The number of anilines is 1. The van der Waals surface area contributed by atoms with Crippen molar-refractivity contribution in [1.29, 1.82) is 0 Å². The van der Waals surface area contributed by atoms with E-state index in [9.17, 15) is 8.42 Å². The van der Waals surface area contributed by atoms with Gasteiger partial charge in [0, 0.05) is 6.54 Å². The Morgan fingerprint density at radius 1 is 1.24 bits per heavy atom. The molecule has 0 spiro atoms. The van der Waals surface area contributed by atoms with Gasteiger partial charge in [0.2, 0.25) is 0 Å². The average molecular weight is 308 g/mol. The third-order valence-corrected chi connectivity index (χ3v) is 5.14. The molecule has 0 atom stereocenters. The number of hydrogen-bond acceptors (Lipinski definition) is 5. The van der Waals surface area contributed by atoms with Gasteiger partial charge in [-0.2, -0.15) is 0 Å². The van der Waals surface area contributed by atoms with Crippen molar-refractivity contribution in [3.8, 4) is 0 Å². The van der Waals surface area contributed by atoms with Crippen LogP contribution in [0.1, 0.15) is 26.1 Å². The Kier molecular flexibility index (Phi) is 4.95. The molecule has 0 radical (unpaired) electrons. The fourth-order valence-electron chi connectivity index (χ4n) is 2.12. The van der Waals surface area contributed by atoms with E-state index in [-0.39, 0.29) is 5.75 Å². The van der Waals surface area contributed by atoms with Crippen molar-refractivity contribution < 1.29 is 8.42 Å². The summed E-state index contributed by atoms with van der Waals surface area (Å²) in [6, 6.07) is 6.97. The molecule has 0 aliphatic rings. The minimum Gasteiger partial charge on any atom is -0.377 e. The van der Waals surface area contributed by atoms with Gasteiger partial charge in [-0.05, 0) is 25.5 Å². The molecule has 21 heavy (non-hydrogen) atoms. The second-order valence-corrected chi connectivity index (χ2v) is 6.78. The van der Waals surface area contributed by atoms with Crippen LogP contribution < -0.4 is 5.32 Å². The maximum absolute atomic E-state index is 12.3. The first kappa shape index (κ1) is 15.5. The van der Waals surface area contributed by atoms with Crippen LogP contribution in [0.25, 0.3) is 0 Å². The van der Waals surface area contributed by atoms with Crippen molar-refractivity contribution in [1.82, 2.24) is 14.8 Å². The topological polar surface area (TPSA) is 76.9 Å². The van der Waals surface area contributed by atoms with Gasteiger partial charge in [0.1, 0.15) is 6.33 Å². The van der Waals surface area contributed by atoms with Crippen LogP contribution in [0.2, 0.25) is 0 Å². The SMILES string of the molecule is CCCS(=O)(=O)c1ccccc1NCc1nncn1CC. The van der Waals surface area contributed by atoms with Crippen LogP contribution in [0, 0.1) is 0 Å². The highest BCUT2D eigenvalue weighted by Gasteiger charge is 2.17. The Balaban J connectivity index is 2.21. The predicted molar refractivity (Wildman–Crippen MR) is 81.8 cm³/mol. The predicted octanol–water partition coefficient (Wildman–Crippen LogP) is 2.09. The lowest BCUT2D eigenvalue weighted by Gasteiger charge is -2.12. The van der Waals surface area contributed by atoms with Gasteiger partial charge in [-0.1, -0.05) is 19.1 Å². The van der Waals surface area contributed by atoms with Crippen molar-refractivity contribution in [2.45, 2.75) is 38.3 Å². The van der Waals surface area contributed by atoms with Crippen molar-refractivity contribution in [2.75, 3.05) is 11.1 Å². The van der Waals surface area contributed by atoms with Crippen molar-refractivity contribution in [3.63, 3.8) is 0 Å². The molecule has 114 valence electrons. The fraction of sp³-hybridized carbons (Fsp3) is 0.429. The normalized spacial score (nSPS) is 11.5. The molecule has 1 N–H and O–H groups in total. The third kappa shape index (κ3) is 3.60. The van der Waals surface area contributed by atoms with Crippen LogP contribution >= 0.6 is 0 Å². The van der Waals surface area contributed by atoms with E-state index in [0.29, 0.717) is 23.5 Å². The maximum Gasteiger partial charge on any atom is 0.180 e.